The van der Waals surface area contributed by atoms with E-state index in [0.29, 0.717) is 0 Å². The van der Waals surface area contributed by atoms with E-state index in [2.05, 4.69) is 0 Å². The molecule has 2 atom stereocenters. The topological polar surface area (TPSA) is 18.5 Å². The summed E-state index contributed by atoms with van der Waals surface area (Å²) in [6, 6.07) is 2.13. The van der Waals surface area contributed by atoms with Crippen molar-refractivity contribution in [2.24, 2.45) is 0 Å². The van der Waals surface area contributed by atoms with Crippen LogP contribution in [0.1, 0.15) is 31.2 Å². The number of hydrogen-bond donors (Lipinski definition) is 0. The highest BCUT2D eigenvalue weighted by Crippen LogP contribution is 2.49. The fraction of sp³-hybridized carbons (Fsp3) is 0.571. The molecule has 0 spiro atoms. The van der Waals surface area contributed by atoms with E-state index in [9.17, 15) is 22.0 Å². The minimum atomic E-state index is -4.51. The molecule has 2 nitrogen and oxygen atoms in total. The molecule has 2 unspecified atom stereocenters. The number of ether oxygens (including phenoxy) is 2. The average Bonchev–Trinajstić information content (AvgIpc) is 2.87. The highest BCUT2D eigenvalue weighted by molar-refractivity contribution is 5.39. The summed E-state index contributed by atoms with van der Waals surface area (Å²) >= 11 is 0. The fourth-order valence-electron chi connectivity index (χ4n) is 2.70. The monoisotopic (exact) mass is 310 g/mol. The van der Waals surface area contributed by atoms with Gasteiger partial charge in [0.05, 0.1) is 13.7 Å². The van der Waals surface area contributed by atoms with Gasteiger partial charge in [-0.25, -0.2) is 4.39 Å². The van der Waals surface area contributed by atoms with Crippen molar-refractivity contribution < 1.29 is 31.4 Å². The number of benzene rings is 1. The quantitative estimate of drug-likeness (QED) is 0.780. The van der Waals surface area contributed by atoms with Crippen molar-refractivity contribution in [2.75, 3.05) is 13.7 Å². The Morgan fingerprint density at radius 2 is 2.00 bits per heavy atom. The summed E-state index contributed by atoms with van der Waals surface area (Å²) < 4.78 is 76.1. The lowest BCUT2D eigenvalue weighted by molar-refractivity contribution is -0.263. The van der Waals surface area contributed by atoms with Gasteiger partial charge in [-0.1, -0.05) is 13.0 Å². The van der Waals surface area contributed by atoms with Gasteiger partial charge in [-0.2, -0.15) is 17.6 Å². The van der Waals surface area contributed by atoms with E-state index in [-0.39, 0.29) is 30.8 Å². The number of halogens is 5. The third-order valence-corrected chi connectivity index (χ3v) is 3.95. The minimum absolute atomic E-state index is 0.191. The zero-order valence-electron chi connectivity index (χ0n) is 11.6. The fourth-order valence-corrected chi connectivity index (χ4v) is 2.70. The van der Waals surface area contributed by atoms with E-state index in [0.717, 1.165) is 13.2 Å². The van der Waals surface area contributed by atoms with Gasteiger partial charge in [-0.3, -0.25) is 0 Å². The molecule has 1 aromatic carbocycles. The standard InChI is InChI=1S/C14H15F5O2/c1-3-13(14(17,18)19)6-8(7-21-13)9-4-5-10(15)11(16)12(9)20-2/h4-5,8H,3,6-7H2,1-2H3. The van der Waals surface area contributed by atoms with Crippen LogP contribution in [0.4, 0.5) is 22.0 Å². The molecule has 1 fully saturated rings. The predicted molar refractivity (Wildman–Crippen MR) is 65.3 cm³/mol. The molecule has 1 heterocycles. The van der Waals surface area contributed by atoms with Gasteiger partial charge in [-0.15, -0.1) is 0 Å². The second-order valence-corrected chi connectivity index (χ2v) is 5.04. The first-order chi connectivity index (χ1) is 9.75. The maximum absolute atomic E-state index is 13.7. The number of rotatable bonds is 3. The van der Waals surface area contributed by atoms with Crippen LogP contribution >= 0.6 is 0 Å². The minimum Gasteiger partial charge on any atom is -0.493 e. The van der Waals surface area contributed by atoms with Gasteiger partial charge in [0, 0.05) is 11.5 Å². The molecule has 0 aliphatic carbocycles. The van der Waals surface area contributed by atoms with Crippen LogP contribution in [0.5, 0.6) is 5.75 Å². The SMILES string of the molecule is CCC1(C(F)(F)F)CC(c2ccc(F)c(F)c2OC)CO1. The molecule has 1 aliphatic rings. The number of hydrogen-bond acceptors (Lipinski definition) is 2. The van der Waals surface area contributed by atoms with Crippen LogP contribution in [-0.2, 0) is 4.74 Å². The van der Waals surface area contributed by atoms with Gasteiger partial charge < -0.3 is 9.47 Å². The second kappa shape index (κ2) is 5.44. The summed E-state index contributed by atoms with van der Waals surface area (Å²) in [5.41, 5.74) is -2.05. The molecule has 0 amide bonds. The van der Waals surface area contributed by atoms with Gasteiger partial charge in [0.15, 0.2) is 17.2 Å². The molecule has 0 saturated carbocycles. The van der Waals surface area contributed by atoms with Crippen molar-refractivity contribution in [3.63, 3.8) is 0 Å². The Balaban J connectivity index is 2.36. The predicted octanol–water partition coefficient (Wildman–Crippen LogP) is 4.19. The Morgan fingerprint density at radius 1 is 1.33 bits per heavy atom. The zero-order valence-corrected chi connectivity index (χ0v) is 11.6. The van der Waals surface area contributed by atoms with E-state index in [1.165, 1.54) is 13.0 Å². The van der Waals surface area contributed by atoms with E-state index in [1.807, 2.05) is 0 Å². The lowest BCUT2D eigenvalue weighted by atomic mass is 9.87. The van der Waals surface area contributed by atoms with Crippen LogP contribution in [0.15, 0.2) is 12.1 Å². The Kier molecular flexibility index (Phi) is 4.15. The average molecular weight is 310 g/mol. The summed E-state index contributed by atoms with van der Waals surface area (Å²) in [5.74, 6) is -3.36. The summed E-state index contributed by atoms with van der Waals surface area (Å²) in [7, 11) is 1.15. The van der Waals surface area contributed by atoms with Crippen molar-refractivity contribution in [1.29, 1.82) is 0 Å². The highest BCUT2D eigenvalue weighted by Gasteiger charge is 2.59. The number of methoxy groups -OCH3 is 1. The maximum atomic E-state index is 13.7. The molecule has 1 aromatic rings. The Labute approximate surface area is 118 Å². The Hall–Kier alpha value is -1.37. The molecule has 21 heavy (non-hydrogen) atoms. The maximum Gasteiger partial charge on any atom is 0.417 e. The van der Waals surface area contributed by atoms with Crippen LogP contribution in [0.3, 0.4) is 0 Å². The lowest BCUT2D eigenvalue weighted by Gasteiger charge is -2.29. The van der Waals surface area contributed by atoms with Gasteiger partial charge >= 0.3 is 6.18 Å². The molecule has 1 aliphatic heterocycles. The normalized spacial score (nSPS) is 26.1. The largest absolute Gasteiger partial charge is 0.493 e. The Bertz CT molecular complexity index is 529. The third-order valence-electron chi connectivity index (χ3n) is 3.95. The van der Waals surface area contributed by atoms with Crippen LogP contribution in [-0.4, -0.2) is 25.5 Å². The summed E-state index contributed by atoms with van der Waals surface area (Å²) in [6.45, 7) is 1.17. The van der Waals surface area contributed by atoms with Crippen LogP contribution in [0, 0.1) is 11.6 Å². The van der Waals surface area contributed by atoms with Crippen molar-refractivity contribution >= 4 is 0 Å². The van der Waals surface area contributed by atoms with Gasteiger partial charge in [0.25, 0.3) is 0 Å². The van der Waals surface area contributed by atoms with Crippen LogP contribution in [0.25, 0.3) is 0 Å². The molecule has 0 aromatic heterocycles. The summed E-state index contributed by atoms with van der Waals surface area (Å²) in [5, 5.41) is 0. The van der Waals surface area contributed by atoms with E-state index < -0.39 is 29.3 Å². The molecule has 1 saturated heterocycles. The molecule has 0 bridgehead atoms. The smallest absolute Gasteiger partial charge is 0.417 e. The Morgan fingerprint density at radius 3 is 2.48 bits per heavy atom. The molecule has 2 rings (SSSR count). The van der Waals surface area contributed by atoms with Crippen molar-refractivity contribution in [2.45, 2.75) is 37.5 Å². The lowest BCUT2D eigenvalue weighted by Crippen LogP contribution is -2.44. The second-order valence-electron chi connectivity index (χ2n) is 5.04. The van der Waals surface area contributed by atoms with Crippen molar-refractivity contribution in [1.82, 2.24) is 0 Å². The van der Waals surface area contributed by atoms with Gasteiger partial charge in [-0.05, 0) is 18.9 Å². The molecule has 0 N–H and O–H groups in total. The van der Waals surface area contributed by atoms with Crippen molar-refractivity contribution in [3.8, 4) is 5.75 Å². The first-order valence-corrected chi connectivity index (χ1v) is 6.48. The summed E-state index contributed by atoms with van der Waals surface area (Å²) in [6.07, 6.45) is -5.09. The van der Waals surface area contributed by atoms with E-state index in [4.69, 9.17) is 9.47 Å². The molecular weight excluding hydrogens is 295 g/mol. The third kappa shape index (κ3) is 2.59. The van der Waals surface area contributed by atoms with E-state index >= 15 is 0 Å². The molecule has 118 valence electrons. The molecule has 0 radical (unpaired) electrons. The van der Waals surface area contributed by atoms with Crippen LogP contribution in [0.2, 0.25) is 0 Å². The molecule has 7 heteroatoms. The van der Waals surface area contributed by atoms with Crippen molar-refractivity contribution in [3.05, 3.63) is 29.3 Å². The number of alkyl halides is 3. The first-order valence-electron chi connectivity index (χ1n) is 6.48. The first kappa shape index (κ1) is 16.0. The van der Waals surface area contributed by atoms with Gasteiger partial charge in [0.1, 0.15) is 0 Å². The zero-order chi connectivity index (χ0) is 15.8. The van der Waals surface area contributed by atoms with Crippen LogP contribution < -0.4 is 4.74 Å². The molecular formula is C14H15F5O2. The van der Waals surface area contributed by atoms with Gasteiger partial charge in [0.2, 0.25) is 5.82 Å². The summed E-state index contributed by atoms with van der Waals surface area (Å²) in [4.78, 5) is 0. The van der Waals surface area contributed by atoms with E-state index in [1.54, 1.807) is 0 Å². The highest BCUT2D eigenvalue weighted by atomic mass is 19.4.